The summed E-state index contributed by atoms with van der Waals surface area (Å²) in [6, 6.07) is 11.4. The van der Waals surface area contributed by atoms with Crippen molar-refractivity contribution in [3.8, 4) is 5.69 Å². The van der Waals surface area contributed by atoms with Crippen LogP contribution >= 0.6 is 0 Å². The summed E-state index contributed by atoms with van der Waals surface area (Å²) in [5, 5.41) is 0. The van der Waals surface area contributed by atoms with Gasteiger partial charge in [0.05, 0.1) is 0 Å². The summed E-state index contributed by atoms with van der Waals surface area (Å²) in [4.78, 5) is 25.1. The van der Waals surface area contributed by atoms with Gasteiger partial charge in [-0.15, -0.1) is 0 Å². The second-order valence-corrected chi connectivity index (χ2v) is 5.87. The summed E-state index contributed by atoms with van der Waals surface area (Å²) in [6.45, 7) is 3.98. The van der Waals surface area contributed by atoms with E-state index in [4.69, 9.17) is 0 Å². The van der Waals surface area contributed by atoms with Gasteiger partial charge in [-0.05, 0) is 37.0 Å². The first-order valence-corrected chi connectivity index (χ1v) is 7.47. The van der Waals surface area contributed by atoms with E-state index in [9.17, 15) is 9.59 Å². The fourth-order valence-electron chi connectivity index (χ4n) is 2.98. The molecule has 1 aromatic heterocycles. The molecule has 1 heterocycles. The van der Waals surface area contributed by atoms with Gasteiger partial charge in [0.1, 0.15) is 0 Å². The Kier molecular flexibility index (Phi) is 3.50. The lowest BCUT2D eigenvalue weighted by molar-refractivity contribution is 0.0970. The maximum Gasteiger partial charge on any atom is 0.258 e. The molecule has 0 N–H and O–H groups in total. The largest absolute Gasteiger partial charge is 0.294 e. The van der Waals surface area contributed by atoms with Crippen molar-refractivity contribution in [3.05, 3.63) is 63.6 Å². The molecule has 3 nitrogen and oxygen atoms in total. The second-order valence-electron chi connectivity index (χ2n) is 5.87. The molecular weight excluding hydrogens is 262 g/mol. The van der Waals surface area contributed by atoms with Gasteiger partial charge < -0.3 is 0 Å². The van der Waals surface area contributed by atoms with E-state index in [-0.39, 0.29) is 17.3 Å². The Morgan fingerprint density at radius 1 is 1.05 bits per heavy atom. The van der Waals surface area contributed by atoms with E-state index in [2.05, 4.69) is 0 Å². The number of hydrogen-bond acceptors (Lipinski definition) is 2. The number of nitrogens with zero attached hydrogens (tertiary/aromatic N) is 1. The van der Waals surface area contributed by atoms with Crippen molar-refractivity contribution < 1.29 is 4.79 Å². The molecule has 1 aliphatic rings. The number of carbonyl (C=O) groups excluding carboxylic acids is 1. The van der Waals surface area contributed by atoms with Crippen molar-refractivity contribution in [3.63, 3.8) is 0 Å². The number of carbonyl (C=O) groups is 1. The average Bonchev–Trinajstić information content (AvgIpc) is 2.47. The van der Waals surface area contributed by atoms with Crippen LogP contribution in [0.25, 0.3) is 5.69 Å². The number of ketones is 1. The Bertz CT molecular complexity index is 742. The van der Waals surface area contributed by atoms with Crippen molar-refractivity contribution in [2.75, 3.05) is 0 Å². The van der Waals surface area contributed by atoms with Crippen LogP contribution in [-0.4, -0.2) is 10.4 Å². The third kappa shape index (κ3) is 2.33. The summed E-state index contributed by atoms with van der Waals surface area (Å²) in [7, 11) is 0. The summed E-state index contributed by atoms with van der Waals surface area (Å²) in [6.07, 6.45) is 2.18. The van der Waals surface area contributed by atoms with Crippen LogP contribution in [-0.2, 0) is 6.42 Å². The first-order chi connectivity index (χ1) is 10.1. The van der Waals surface area contributed by atoms with Crippen LogP contribution in [0.3, 0.4) is 0 Å². The van der Waals surface area contributed by atoms with Crippen LogP contribution in [0, 0.1) is 0 Å². The number of benzene rings is 1. The highest BCUT2D eigenvalue weighted by Crippen LogP contribution is 2.25. The first kappa shape index (κ1) is 13.8. The summed E-state index contributed by atoms with van der Waals surface area (Å²) in [5.41, 5.74) is 3.16. The van der Waals surface area contributed by atoms with Crippen molar-refractivity contribution in [2.24, 2.45) is 0 Å². The van der Waals surface area contributed by atoms with Gasteiger partial charge in [0, 0.05) is 28.9 Å². The fourth-order valence-corrected chi connectivity index (χ4v) is 2.98. The topological polar surface area (TPSA) is 39.1 Å². The standard InChI is InChI=1S/C18H19NO2/c1-12(2)14-11-15-16(9-6-10-17(15)20)19(18(14)21)13-7-4-3-5-8-13/h3-5,7-8,11-12H,6,9-10H2,1-2H3. The van der Waals surface area contributed by atoms with Gasteiger partial charge in [0.2, 0.25) is 0 Å². The number of para-hydroxylation sites is 1. The Labute approximate surface area is 124 Å². The molecule has 0 saturated heterocycles. The van der Waals surface area contributed by atoms with Gasteiger partial charge in [-0.1, -0.05) is 32.0 Å². The van der Waals surface area contributed by atoms with E-state index >= 15 is 0 Å². The zero-order valence-electron chi connectivity index (χ0n) is 12.4. The number of pyridine rings is 1. The molecule has 21 heavy (non-hydrogen) atoms. The van der Waals surface area contributed by atoms with Crippen LogP contribution < -0.4 is 5.56 Å². The summed E-state index contributed by atoms with van der Waals surface area (Å²) >= 11 is 0. The Hall–Kier alpha value is -2.16. The predicted molar refractivity (Wildman–Crippen MR) is 83.4 cm³/mol. The lowest BCUT2D eigenvalue weighted by Gasteiger charge is -2.22. The van der Waals surface area contributed by atoms with Crippen LogP contribution in [0.15, 0.2) is 41.2 Å². The average molecular weight is 281 g/mol. The predicted octanol–water partition coefficient (Wildman–Crippen LogP) is 3.48. The van der Waals surface area contributed by atoms with Crippen LogP contribution in [0.5, 0.6) is 0 Å². The molecule has 0 saturated carbocycles. The van der Waals surface area contributed by atoms with Gasteiger partial charge in [0.25, 0.3) is 5.56 Å². The summed E-state index contributed by atoms with van der Waals surface area (Å²) < 4.78 is 1.74. The molecule has 0 radical (unpaired) electrons. The number of rotatable bonds is 2. The highest BCUT2D eigenvalue weighted by Gasteiger charge is 2.24. The number of fused-ring (bicyclic) bond motifs is 1. The van der Waals surface area contributed by atoms with Gasteiger partial charge in [-0.2, -0.15) is 0 Å². The van der Waals surface area contributed by atoms with Crippen LogP contribution in [0.2, 0.25) is 0 Å². The molecule has 1 aliphatic carbocycles. The van der Waals surface area contributed by atoms with Crippen molar-refractivity contribution in [1.29, 1.82) is 0 Å². The molecule has 0 fully saturated rings. The minimum absolute atomic E-state index is 0.00431. The quantitative estimate of drug-likeness (QED) is 0.845. The molecule has 0 spiro atoms. The maximum absolute atomic E-state index is 12.8. The van der Waals surface area contributed by atoms with Crippen LogP contribution in [0.1, 0.15) is 54.2 Å². The van der Waals surface area contributed by atoms with Crippen molar-refractivity contribution in [2.45, 2.75) is 39.0 Å². The first-order valence-electron chi connectivity index (χ1n) is 7.47. The highest BCUT2D eigenvalue weighted by molar-refractivity contribution is 5.98. The number of aromatic nitrogens is 1. The normalized spacial score (nSPS) is 14.3. The van der Waals surface area contributed by atoms with E-state index in [1.165, 1.54) is 0 Å². The lowest BCUT2D eigenvalue weighted by Crippen LogP contribution is -2.30. The van der Waals surface area contributed by atoms with E-state index in [1.807, 2.05) is 50.2 Å². The van der Waals surface area contributed by atoms with Gasteiger partial charge in [-0.25, -0.2) is 0 Å². The minimum atomic E-state index is 0.00431. The minimum Gasteiger partial charge on any atom is -0.294 e. The number of Topliss-reactive ketones (excluding diaryl/α,β-unsaturated/α-hetero) is 1. The Balaban J connectivity index is 2.36. The third-order valence-corrected chi connectivity index (χ3v) is 4.08. The zero-order chi connectivity index (χ0) is 15.0. The molecule has 0 atom stereocenters. The SMILES string of the molecule is CC(C)c1cc2c(n(-c3ccccc3)c1=O)CCCC2=O. The van der Waals surface area contributed by atoms with E-state index in [0.29, 0.717) is 12.0 Å². The third-order valence-electron chi connectivity index (χ3n) is 4.08. The molecule has 1 aromatic carbocycles. The smallest absolute Gasteiger partial charge is 0.258 e. The van der Waals surface area contributed by atoms with E-state index in [0.717, 1.165) is 29.8 Å². The fraction of sp³-hybridized carbons (Fsp3) is 0.333. The lowest BCUT2D eigenvalue weighted by atomic mass is 9.91. The molecule has 0 unspecified atom stereocenters. The molecule has 0 amide bonds. The highest BCUT2D eigenvalue weighted by atomic mass is 16.1. The molecular formula is C18H19NO2. The van der Waals surface area contributed by atoms with Crippen molar-refractivity contribution in [1.82, 2.24) is 4.57 Å². The van der Waals surface area contributed by atoms with E-state index < -0.39 is 0 Å². The molecule has 0 bridgehead atoms. The molecule has 2 aromatic rings. The molecule has 0 aliphatic heterocycles. The molecule has 3 heteroatoms. The van der Waals surface area contributed by atoms with Crippen molar-refractivity contribution >= 4 is 5.78 Å². The monoisotopic (exact) mass is 281 g/mol. The Morgan fingerprint density at radius 2 is 1.76 bits per heavy atom. The zero-order valence-corrected chi connectivity index (χ0v) is 12.4. The van der Waals surface area contributed by atoms with Gasteiger partial charge in [0.15, 0.2) is 5.78 Å². The van der Waals surface area contributed by atoms with E-state index in [1.54, 1.807) is 4.57 Å². The van der Waals surface area contributed by atoms with Gasteiger partial charge >= 0.3 is 0 Å². The maximum atomic E-state index is 12.8. The molecule has 108 valence electrons. The van der Waals surface area contributed by atoms with Gasteiger partial charge in [-0.3, -0.25) is 14.2 Å². The van der Waals surface area contributed by atoms with Crippen LogP contribution in [0.4, 0.5) is 0 Å². The molecule has 3 rings (SSSR count). The second kappa shape index (κ2) is 5.32. The Morgan fingerprint density at radius 3 is 2.43 bits per heavy atom. The summed E-state index contributed by atoms with van der Waals surface area (Å²) in [5.74, 6) is 0.260. The number of hydrogen-bond donors (Lipinski definition) is 0.